The van der Waals surface area contributed by atoms with Gasteiger partial charge in [-0.2, -0.15) is 0 Å². The Kier molecular flexibility index (Phi) is 10.7. The normalized spacial score (nSPS) is 11.5. The van der Waals surface area contributed by atoms with Crippen molar-refractivity contribution in [1.29, 1.82) is 0 Å². The number of amides is 2. The molecule has 0 fully saturated rings. The number of nitrogens with one attached hydrogen (secondary N) is 1. The van der Waals surface area contributed by atoms with E-state index < -0.39 is 30.8 Å². The van der Waals surface area contributed by atoms with Crippen LogP contribution in [0.25, 0.3) is 0 Å². The Labute approximate surface area is 251 Å². The van der Waals surface area contributed by atoms with Crippen LogP contribution in [0.15, 0.2) is 121 Å². The Morgan fingerprint density at radius 3 is 1.51 bits per heavy atom. The Hall–Kier alpha value is -4.94. The van der Waals surface area contributed by atoms with Crippen molar-refractivity contribution in [3.63, 3.8) is 0 Å². The zero-order valence-electron chi connectivity index (χ0n) is 24.0. The van der Waals surface area contributed by atoms with Crippen LogP contribution in [0.3, 0.4) is 0 Å². The molecular formula is C34H33N2O6P. The summed E-state index contributed by atoms with van der Waals surface area (Å²) in [5, 5.41) is 3.01. The summed E-state index contributed by atoms with van der Waals surface area (Å²) in [7, 11) is 0. The number of hydrazine groups is 1. The van der Waals surface area contributed by atoms with Crippen LogP contribution in [0.1, 0.15) is 24.2 Å². The standard InChI is InChI=1S/C34H33N2O6P/c1-3-41-33(39)30(36(25-37)35-32(38)26-17-9-5-10-18-26)31(34(40)42-4-2)43(27-19-11-6-12-20-27,28-21-13-7-14-22-28)29-23-15-8-16-24-29/h5-25,30H,3-4H2,1-2H3,(H,35,38). The van der Waals surface area contributed by atoms with Gasteiger partial charge in [0, 0.05) is 5.56 Å². The molecule has 220 valence electrons. The SMILES string of the molecule is CCOC(=O)C(C(C(=O)OCC)N(C=O)NC(=O)c1ccccc1)=P(c1ccccc1)(c1ccccc1)c1ccccc1. The topological polar surface area (TPSA) is 102 Å². The Morgan fingerprint density at radius 2 is 1.12 bits per heavy atom. The van der Waals surface area contributed by atoms with E-state index in [4.69, 9.17) is 9.47 Å². The number of nitrogens with zero attached hydrogens (tertiary/aromatic N) is 1. The van der Waals surface area contributed by atoms with Gasteiger partial charge < -0.3 is 9.47 Å². The molecule has 43 heavy (non-hydrogen) atoms. The smallest absolute Gasteiger partial charge is 0.337 e. The molecule has 0 heterocycles. The lowest BCUT2D eigenvalue weighted by Gasteiger charge is -2.36. The maximum absolute atomic E-state index is 14.3. The molecule has 4 aromatic rings. The quantitative estimate of drug-likeness (QED) is 0.116. The molecule has 0 radical (unpaired) electrons. The minimum atomic E-state index is -3.28. The number of hydrogen-bond acceptors (Lipinski definition) is 6. The summed E-state index contributed by atoms with van der Waals surface area (Å²) in [6, 6.07) is 34.6. The van der Waals surface area contributed by atoms with Crippen molar-refractivity contribution in [2.75, 3.05) is 13.2 Å². The minimum absolute atomic E-state index is 0.00765. The van der Waals surface area contributed by atoms with Crippen molar-refractivity contribution in [2.24, 2.45) is 0 Å². The van der Waals surface area contributed by atoms with E-state index in [-0.39, 0.29) is 24.1 Å². The van der Waals surface area contributed by atoms with Crippen molar-refractivity contribution in [3.8, 4) is 0 Å². The van der Waals surface area contributed by atoms with Gasteiger partial charge in [0.1, 0.15) is 0 Å². The fraction of sp³-hybridized carbons (Fsp3) is 0.147. The number of ether oxygens (including phenoxy) is 2. The average Bonchev–Trinajstić information content (AvgIpc) is 3.06. The third-order valence-electron chi connectivity index (χ3n) is 6.70. The molecule has 9 heteroatoms. The lowest BCUT2D eigenvalue weighted by atomic mass is 10.2. The number of carbonyl (C=O) groups excluding carboxylic acids is 4. The van der Waals surface area contributed by atoms with Crippen LogP contribution >= 0.6 is 6.89 Å². The second-order valence-electron chi connectivity index (χ2n) is 9.26. The number of rotatable bonds is 12. The molecule has 4 aromatic carbocycles. The van der Waals surface area contributed by atoms with Gasteiger partial charge in [-0.25, -0.2) is 14.6 Å². The zero-order valence-corrected chi connectivity index (χ0v) is 24.9. The van der Waals surface area contributed by atoms with Gasteiger partial charge >= 0.3 is 11.9 Å². The Morgan fingerprint density at radius 1 is 0.698 bits per heavy atom. The van der Waals surface area contributed by atoms with E-state index in [1.165, 1.54) is 0 Å². The molecule has 0 bridgehead atoms. The summed E-state index contributed by atoms with van der Waals surface area (Å²) < 4.78 is 11.1. The predicted octanol–water partition coefficient (Wildman–Crippen LogP) is 3.45. The first-order valence-electron chi connectivity index (χ1n) is 13.9. The summed E-state index contributed by atoms with van der Waals surface area (Å²) in [4.78, 5) is 54.4. The Balaban J connectivity index is 2.19. The van der Waals surface area contributed by atoms with Gasteiger partial charge in [0.2, 0.25) is 6.41 Å². The second-order valence-corrected chi connectivity index (χ2v) is 12.6. The molecule has 0 saturated heterocycles. The van der Waals surface area contributed by atoms with Gasteiger partial charge in [-0.3, -0.25) is 15.0 Å². The van der Waals surface area contributed by atoms with E-state index in [0.717, 1.165) is 20.9 Å². The molecule has 1 N–H and O–H groups in total. The summed E-state index contributed by atoms with van der Waals surface area (Å²) >= 11 is 0. The van der Waals surface area contributed by atoms with E-state index in [0.29, 0.717) is 6.41 Å². The molecule has 0 aliphatic heterocycles. The highest BCUT2D eigenvalue weighted by Crippen LogP contribution is 2.47. The van der Waals surface area contributed by atoms with Gasteiger partial charge in [-0.05, 0) is 48.8 Å². The van der Waals surface area contributed by atoms with Crippen molar-refractivity contribution >= 4 is 52.3 Å². The fourth-order valence-electron chi connectivity index (χ4n) is 4.96. The van der Waals surface area contributed by atoms with Crippen LogP contribution in [0.4, 0.5) is 0 Å². The van der Waals surface area contributed by atoms with Crippen LogP contribution < -0.4 is 21.3 Å². The predicted molar refractivity (Wildman–Crippen MR) is 169 cm³/mol. The van der Waals surface area contributed by atoms with Crippen molar-refractivity contribution < 1.29 is 28.7 Å². The minimum Gasteiger partial charge on any atom is -0.464 e. The lowest BCUT2D eigenvalue weighted by molar-refractivity contribution is -0.151. The van der Waals surface area contributed by atoms with E-state index in [2.05, 4.69) is 5.43 Å². The largest absolute Gasteiger partial charge is 0.464 e. The van der Waals surface area contributed by atoms with Gasteiger partial charge in [-0.1, -0.05) is 109 Å². The number of hydrogen-bond donors (Lipinski definition) is 1. The summed E-state index contributed by atoms with van der Waals surface area (Å²) in [5.41, 5.74) is 2.80. The highest BCUT2D eigenvalue weighted by molar-refractivity contribution is 7.96. The van der Waals surface area contributed by atoms with Crippen LogP contribution in [-0.2, 0) is 23.9 Å². The maximum atomic E-state index is 14.3. The molecule has 8 nitrogen and oxygen atoms in total. The van der Waals surface area contributed by atoms with Gasteiger partial charge in [0.25, 0.3) is 5.91 Å². The molecule has 0 aliphatic rings. The molecule has 0 aliphatic carbocycles. The average molecular weight is 597 g/mol. The maximum Gasteiger partial charge on any atom is 0.337 e. The molecule has 0 aromatic heterocycles. The van der Waals surface area contributed by atoms with E-state index >= 15 is 0 Å². The molecule has 1 atom stereocenters. The highest BCUT2D eigenvalue weighted by atomic mass is 31.2. The molecule has 2 amide bonds. The van der Waals surface area contributed by atoms with E-state index in [1.54, 1.807) is 44.2 Å². The van der Waals surface area contributed by atoms with Crippen molar-refractivity contribution in [2.45, 2.75) is 19.9 Å². The summed E-state index contributed by atoms with van der Waals surface area (Å²) in [6.07, 6.45) is 0.317. The van der Waals surface area contributed by atoms with Crippen LogP contribution in [0.5, 0.6) is 0 Å². The van der Waals surface area contributed by atoms with E-state index in [9.17, 15) is 19.2 Å². The summed E-state index contributed by atoms with van der Waals surface area (Å²) in [6.45, 7) is -0.00812. The summed E-state index contributed by atoms with van der Waals surface area (Å²) in [5.74, 6) is -2.32. The fourth-order valence-corrected chi connectivity index (χ4v) is 9.48. The van der Waals surface area contributed by atoms with Crippen LogP contribution in [-0.4, -0.2) is 53.8 Å². The van der Waals surface area contributed by atoms with E-state index in [1.807, 2.05) is 91.0 Å². The third kappa shape index (κ3) is 6.60. The molecule has 0 spiro atoms. The first-order chi connectivity index (χ1) is 21.0. The Bertz CT molecular complexity index is 1490. The molecule has 4 rings (SSSR count). The van der Waals surface area contributed by atoms with Crippen molar-refractivity contribution in [1.82, 2.24) is 10.4 Å². The van der Waals surface area contributed by atoms with Gasteiger partial charge in [-0.15, -0.1) is 0 Å². The van der Waals surface area contributed by atoms with Crippen molar-refractivity contribution in [3.05, 3.63) is 127 Å². The first-order valence-corrected chi connectivity index (χ1v) is 15.6. The number of benzene rings is 4. The molecular weight excluding hydrogens is 563 g/mol. The number of esters is 2. The van der Waals surface area contributed by atoms with Gasteiger partial charge in [0.15, 0.2) is 6.04 Å². The number of carbonyl (C=O) groups is 4. The lowest BCUT2D eigenvalue weighted by Crippen LogP contribution is -2.58. The van der Waals surface area contributed by atoms with Gasteiger partial charge in [0.05, 0.1) is 18.5 Å². The van der Waals surface area contributed by atoms with Crippen LogP contribution in [0, 0.1) is 0 Å². The third-order valence-corrected chi connectivity index (χ3v) is 11.1. The second kappa shape index (κ2) is 14.8. The monoisotopic (exact) mass is 596 g/mol. The first kappa shape index (κ1) is 31.0. The zero-order chi connectivity index (χ0) is 30.7. The highest BCUT2D eigenvalue weighted by Gasteiger charge is 2.44. The molecule has 1 unspecified atom stereocenters. The molecule has 0 saturated carbocycles. The van der Waals surface area contributed by atoms with Crippen LogP contribution in [0.2, 0.25) is 0 Å².